The molecule has 0 aliphatic carbocycles. The fraction of sp³-hybridized carbons (Fsp3) is 0.158. The van der Waals surface area contributed by atoms with Crippen molar-refractivity contribution in [3.05, 3.63) is 70.2 Å². The Morgan fingerprint density at radius 2 is 2.04 bits per heavy atom. The van der Waals surface area contributed by atoms with Gasteiger partial charge in [0.1, 0.15) is 6.04 Å². The minimum Gasteiger partial charge on any atom is -0.324 e. The monoisotopic (exact) mass is 379 g/mol. The molecule has 4 rings (SSSR count). The summed E-state index contributed by atoms with van der Waals surface area (Å²) in [5.74, 6) is -0.316. The fourth-order valence-electron chi connectivity index (χ4n) is 2.82. The molecule has 0 saturated carbocycles. The summed E-state index contributed by atoms with van der Waals surface area (Å²) in [6.45, 7) is 3.43. The molecule has 0 radical (unpaired) electrons. The van der Waals surface area contributed by atoms with Gasteiger partial charge in [0, 0.05) is 29.4 Å². The van der Waals surface area contributed by atoms with Crippen LogP contribution in [-0.4, -0.2) is 25.1 Å². The van der Waals surface area contributed by atoms with Gasteiger partial charge in [0.2, 0.25) is 5.91 Å². The molecule has 0 bridgehead atoms. The van der Waals surface area contributed by atoms with E-state index >= 15 is 0 Å². The Kier molecular flexibility index (Phi) is 4.33. The second-order valence-corrected chi connectivity index (χ2v) is 7.06. The number of anilines is 1. The number of hydrogen-bond acceptors (Lipinski definition) is 5. The summed E-state index contributed by atoms with van der Waals surface area (Å²) in [5.41, 5.74) is 2.59. The first-order valence-corrected chi connectivity index (χ1v) is 9.30. The van der Waals surface area contributed by atoms with Gasteiger partial charge in [-0.3, -0.25) is 14.0 Å². The average molecular weight is 379 g/mol. The molecule has 1 amide bonds. The minimum absolute atomic E-state index is 0.314. The van der Waals surface area contributed by atoms with Crippen molar-refractivity contribution >= 4 is 27.9 Å². The molecule has 1 unspecified atom stereocenters. The molecular weight excluding hydrogens is 362 g/mol. The maximum atomic E-state index is 12.7. The van der Waals surface area contributed by atoms with Crippen molar-refractivity contribution < 1.29 is 4.79 Å². The van der Waals surface area contributed by atoms with Crippen molar-refractivity contribution in [2.75, 3.05) is 5.32 Å². The van der Waals surface area contributed by atoms with Crippen LogP contribution in [0.25, 0.3) is 16.2 Å². The second kappa shape index (κ2) is 6.81. The van der Waals surface area contributed by atoms with Gasteiger partial charge in [-0.15, -0.1) is 11.3 Å². The van der Waals surface area contributed by atoms with E-state index in [0.717, 1.165) is 16.2 Å². The molecule has 8 heteroatoms. The van der Waals surface area contributed by atoms with Crippen LogP contribution in [0.1, 0.15) is 18.7 Å². The van der Waals surface area contributed by atoms with Crippen LogP contribution in [0.4, 0.5) is 5.69 Å². The molecule has 1 atom stereocenters. The van der Waals surface area contributed by atoms with Crippen LogP contribution < -0.4 is 10.9 Å². The fourth-order valence-corrected chi connectivity index (χ4v) is 3.52. The molecule has 136 valence electrons. The molecular formula is C19H17N5O2S. The zero-order valence-corrected chi connectivity index (χ0v) is 15.6. The molecule has 0 aliphatic rings. The number of carbonyl (C=O) groups excluding carboxylic acids is 1. The zero-order chi connectivity index (χ0) is 19.0. The van der Waals surface area contributed by atoms with Crippen molar-refractivity contribution in [3.63, 3.8) is 0 Å². The van der Waals surface area contributed by atoms with Gasteiger partial charge in [-0.1, -0.05) is 18.2 Å². The summed E-state index contributed by atoms with van der Waals surface area (Å²) >= 11 is 1.55. The molecule has 4 aromatic rings. The molecule has 0 spiro atoms. The van der Waals surface area contributed by atoms with Crippen molar-refractivity contribution in [3.8, 4) is 11.3 Å². The van der Waals surface area contributed by atoms with Gasteiger partial charge < -0.3 is 5.32 Å². The number of aromatic nitrogens is 4. The molecule has 0 fully saturated rings. The van der Waals surface area contributed by atoms with Crippen LogP contribution in [0.2, 0.25) is 0 Å². The standard InChI is InChI=1S/C19H17N5O2S/c1-12-7-8-17(25)24(22-12)13(2)18(26)20-15-6-4-3-5-14(15)16-11-23-9-10-27-19(23)21-16/h3-11,13H,1-2H3,(H,20,26). The number of hydrogen-bond donors (Lipinski definition) is 1. The van der Waals surface area contributed by atoms with Crippen molar-refractivity contribution in [2.45, 2.75) is 19.9 Å². The molecule has 3 heterocycles. The van der Waals surface area contributed by atoms with E-state index in [4.69, 9.17) is 0 Å². The van der Waals surface area contributed by atoms with Gasteiger partial charge in [-0.05, 0) is 26.0 Å². The maximum Gasteiger partial charge on any atom is 0.267 e. The first-order chi connectivity index (χ1) is 13.0. The molecule has 27 heavy (non-hydrogen) atoms. The smallest absolute Gasteiger partial charge is 0.267 e. The molecule has 3 aromatic heterocycles. The van der Waals surface area contributed by atoms with Crippen molar-refractivity contribution in [2.24, 2.45) is 0 Å². The number of imidazole rings is 1. The summed E-state index contributed by atoms with van der Waals surface area (Å²) in [5, 5.41) is 9.04. The van der Waals surface area contributed by atoms with Gasteiger partial charge >= 0.3 is 0 Å². The first kappa shape index (κ1) is 17.2. The lowest BCUT2D eigenvalue weighted by Gasteiger charge is -2.15. The highest BCUT2D eigenvalue weighted by atomic mass is 32.1. The Morgan fingerprint density at radius 3 is 2.85 bits per heavy atom. The van der Waals surface area contributed by atoms with Crippen molar-refractivity contribution in [1.82, 2.24) is 19.2 Å². The largest absolute Gasteiger partial charge is 0.324 e. The van der Waals surface area contributed by atoms with Gasteiger partial charge in [0.25, 0.3) is 5.56 Å². The molecule has 1 N–H and O–H groups in total. The number of benzene rings is 1. The Bertz CT molecular complexity index is 1160. The normalized spacial score (nSPS) is 12.2. The quantitative estimate of drug-likeness (QED) is 0.591. The third-order valence-corrected chi connectivity index (χ3v) is 5.03. The second-order valence-electron chi connectivity index (χ2n) is 6.19. The Labute approximate surface area is 158 Å². The van der Waals surface area contributed by atoms with E-state index in [1.807, 2.05) is 46.4 Å². The van der Waals surface area contributed by atoms with E-state index < -0.39 is 6.04 Å². The number of rotatable bonds is 4. The lowest BCUT2D eigenvalue weighted by Crippen LogP contribution is -2.33. The van der Waals surface area contributed by atoms with Crippen LogP contribution in [0, 0.1) is 6.92 Å². The minimum atomic E-state index is -0.740. The van der Waals surface area contributed by atoms with E-state index in [2.05, 4.69) is 15.4 Å². The zero-order valence-electron chi connectivity index (χ0n) is 14.8. The molecule has 0 aliphatic heterocycles. The number of nitrogens with zero attached hydrogens (tertiary/aromatic N) is 4. The maximum absolute atomic E-state index is 12.7. The summed E-state index contributed by atoms with van der Waals surface area (Å²) in [4.78, 5) is 30.3. The number of para-hydroxylation sites is 1. The first-order valence-electron chi connectivity index (χ1n) is 8.42. The summed E-state index contributed by atoms with van der Waals surface area (Å²) in [6, 6.07) is 9.77. The number of aryl methyl sites for hydroxylation is 1. The van der Waals surface area contributed by atoms with Crippen LogP contribution in [-0.2, 0) is 4.79 Å². The summed E-state index contributed by atoms with van der Waals surface area (Å²) < 4.78 is 3.14. The highest BCUT2D eigenvalue weighted by molar-refractivity contribution is 7.15. The van der Waals surface area contributed by atoms with Crippen molar-refractivity contribution in [1.29, 1.82) is 0 Å². The summed E-state index contributed by atoms with van der Waals surface area (Å²) in [6.07, 6.45) is 3.86. The SMILES string of the molecule is Cc1ccc(=O)n(C(C)C(=O)Nc2ccccc2-c2cn3ccsc3n2)n1. The van der Waals surface area contributed by atoms with E-state index in [1.165, 1.54) is 10.7 Å². The van der Waals surface area contributed by atoms with Crippen LogP contribution in [0.5, 0.6) is 0 Å². The highest BCUT2D eigenvalue weighted by Crippen LogP contribution is 2.28. The predicted molar refractivity (Wildman–Crippen MR) is 105 cm³/mol. The number of thiazole rings is 1. The van der Waals surface area contributed by atoms with E-state index in [0.29, 0.717) is 11.4 Å². The van der Waals surface area contributed by atoms with Gasteiger partial charge in [-0.25, -0.2) is 9.67 Å². The van der Waals surface area contributed by atoms with E-state index in [9.17, 15) is 9.59 Å². The average Bonchev–Trinajstić information content (AvgIpc) is 3.25. The predicted octanol–water partition coefficient (Wildman–Crippen LogP) is 3.13. The van der Waals surface area contributed by atoms with Gasteiger partial charge in [0.15, 0.2) is 4.96 Å². The summed E-state index contributed by atoms with van der Waals surface area (Å²) in [7, 11) is 0. The van der Waals surface area contributed by atoms with Crippen LogP contribution >= 0.6 is 11.3 Å². The van der Waals surface area contributed by atoms with Crippen LogP contribution in [0.15, 0.2) is 59.0 Å². The molecule has 7 nitrogen and oxygen atoms in total. The Balaban J connectivity index is 1.65. The highest BCUT2D eigenvalue weighted by Gasteiger charge is 2.19. The Hall–Kier alpha value is -3.26. The molecule has 0 saturated heterocycles. The lowest BCUT2D eigenvalue weighted by molar-refractivity contribution is -0.119. The number of fused-ring (bicyclic) bond motifs is 1. The van der Waals surface area contributed by atoms with Gasteiger partial charge in [-0.2, -0.15) is 5.10 Å². The number of nitrogens with one attached hydrogen (secondary N) is 1. The van der Waals surface area contributed by atoms with Gasteiger partial charge in [0.05, 0.1) is 17.1 Å². The van der Waals surface area contributed by atoms with E-state index in [1.54, 1.807) is 31.3 Å². The number of carbonyl (C=O) groups is 1. The molecule has 1 aromatic carbocycles. The topological polar surface area (TPSA) is 81.3 Å². The Morgan fingerprint density at radius 1 is 1.22 bits per heavy atom. The van der Waals surface area contributed by atoms with Crippen LogP contribution in [0.3, 0.4) is 0 Å². The number of amides is 1. The lowest BCUT2D eigenvalue weighted by atomic mass is 10.1. The van der Waals surface area contributed by atoms with E-state index in [-0.39, 0.29) is 11.5 Å². The third kappa shape index (κ3) is 3.26. The third-order valence-electron chi connectivity index (χ3n) is 4.26.